The molecule has 0 atom stereocenters. The van der Waals surface area contributed by atoms with Crippen molar-refractivity contribution in [3.63, 3.8) is 0 Å². The van der Waals surface area contributed by atoms with Crippen molar-refractivity contribution >= 4 is 17.8 Å². The molecule has 0 saturated carbocycles. The summed E-state index contributed by atoms with van der Waals surface area (Å²) >= 11 is 5.74. The fraction of sp³-hybridized carbons (Fsp3) is 0.273. The van der Waals surface area contributed by atoms with Crippen molar-refractivity contribution in [1.29, 1.82) is 0 Å². The molecule has 5 heteroatoms. The average molecular weight is 377 g/mol. The van der Waals surface area contributed by atoms with Crippen molar-refractivity contribution in [2.45, 2.75) is 26.9 Å². The van der Waals surface area contributed by atoms with Gasteiger partial charge < -0.3 is 0 Å². The van der Waals surface area contributed by atoms with E-state index >= 15 is 0 Å². The summed E-state index contributed by atoms with van der Waals surface area (Å²) in [5.74, 6) is 0.923. The lowest BCUT2D eigenvalue weighted by atomic mass is 10.00. The molecule has 0 bridgehead atoms. The lowest BCUT2D eigenvalue weighted by Crippen LogP contribution is -2.31. The monoisotopic (exact) mass is 376 g/mol. The molecule has 4 rings (SSSR count). The van der Waals surface area contributed by atoms with Gasteiger partial charge in [0.25, 0.3) is 0 Å². The quantitative estimate of drug-likeness (QED) is 0.614. The second kappa shape index (κ2) is 7.62. The Hall–Kier alpha value is -2.50. The van der Waals surface area contributed by atoms with Gasteiger partial charge in [-0.3, -0.25) is 9.47 Å². The summed E-state index contributed by atoms with van der Waals surface area (Å²) in [7, 11) is 0. The summed E-state index contributed by atoms with van der Waals surface area (Å²) in [5.41, 5.74) is 5.06. The van der Waals surface area contributed by atoms with Gasteiger partial charge in [0.2, 0.25) is 4.77 Å². The number of aromatic nitrogens is 3. The second-order valence-corrected chi connectivity index (χ2v) is 7.38. The first-order valence-electron chi connectivity index (χ1n) is 9.33. The molecule has 138 valence electrons. The van der Waals surface area contributed by atoms with E-state index in [4.69, 9.17) is 17.3 Å². The number of nitrogens with zero attached hydrogens (tertiary/aromatic N) is 4. The van der Waals surface area contributed by atoms with Gasteiger partial charge in [0.05, 0.1) is 12.4 Å². The fourth-order valence-electron chi connectivity index (χ4n) is 3.64. The van der Waals surface area contributed by atoms with E-state index in [-0.39, 0.29) is 0 Å². The lowest BCUT2D eigenvalue weighted by molar-refractivity contribution is 0.226. The first-order valence-corrected chi connectivity index (χ1v) is 9.73. The van der Waals surface area contributed by atoms with Gasteiger partial charge in [-0.15, -0.1) is 0 Å². The maximum absolute atomic E-state index is 5.74. The van der Waals surface area contributed by atoms with Crippen LogP contribution in [0.1, 0.15) is 23.4 Å². The third kappa shape index (κ3) is 3.66. The number of para-hydroxylation sites is 1. The molecule has 1 aromatic heterocycles. The fourth-order valence-corrected chi connectivity index (χ4v) is 3.97. The second-order valence-electron chi connectivity index (χ2n) is 7.02. The maximum Gasteiger partial charge on any atom is 0.203 e. The van der Waals surface area contributed by atoms with Gasteiger partial charge in [0.15, 0.2) is 0 Å². The summed E-state index contributed by atoms with van der Waals surface area (Å²) in [5, 5.41) is 4.71. The molecule has 0 spiro atoms. The zero-order valence-electron chi connectivity index (χ0n) is 15.8. The Morgan fingerprint density at radius 3 is 2.44 bits per heavy atom. The van der Waals surface area contributed by atoms with Crippen molar-refractivity contribution in [3.05, 3.63) is 82.4 Å². The molecule has 4 nitrogen and oxygen atoms in total. The van der Waals surface area contributed by atoms with Crippen molar-refractivity contribution in [2.24, 2.45) is 0 Å². The van der Waals surface area contributed by atoms with E-state index in [0.717, 1.165) is 42.5 Å². The van der Waals surface area contributed by atoms with E-state index in [1.54, 1.807) is 0 Å². The molecule has 2 aromatic carbocycles. The van der Waals surface area contributed by atoms with Crippen LogP contribution in [0, 0.1) is 18.6 Å². The van der Waals surface area contributed by atoms with E-state index in [1.807, 2.05) is 23.7 Å². The Balaban J connectivity index is 1.53. The summed E-state index contributed by atoms with van der Waals surface area (Å²) in [6.07, 6.45) is 3.38. The molecule has 27 heavy (non-hydrogen) atoms. The molecular formula is C22H24N4S. The smallest absolute Gasteiger partial charge is 0.203 e. The first-order chi connectivity index (χ1) is 13.1. The van der Waals surface area contributed by atoms with E-state index in [0.29, 0.717) is 0 Å². The highest BCUT2D eigenvalue weighted by molar-refractivity contribution is 7.71. The minimum atomic E-state index is 0.719. The van der Waals surface area contributed by atoms with Gasteiger partial charge in [0, 0.05) is 13.1 Å². The Bertz CT molecular complexity index is 1030. The Kier molecular flexibility index (Phi) is 5.05. The lowest BCUT2D eigenvalue weighted by Gasteiger charge is -2.26. The molecule has 0 radical (unpaired) electrons. The molecule has 1 aliphatic rings. The van der Waals surface area contributed by atoms with Crippen LogP contribution in [0.2, 0.25) is 0 Å². The van der Waals surface area contributed by atoms with Crippen LogP contribution in [0.5, 0.6) is 0 Å². The Labute approximate surface area is 165 Å². The number of hydrogen-bond acceptors (Lipinski definition) is 3. The highest BCUT2D eigenvalue weighted by atomic mass is 32.1. The van der Waals surface area contributed by atoms with Crippen LogP contribution in [-0.2, 0) is 6.67 Å². The molecule has 0 saturated heterocycles. The first kappa shape index (κ1) is 17.9. The Morgan fingerprint density at radius 2 is 1.74 bits per heavy atom. The SMILES string of the molecule is Cc1ccccc1-n1c(C)nn(CN2CC=C(c3ccccc3)CC2)c1=S. The minimum absolute atomic E-state index is 0.719. The van der Waals surface area contributed by atoms with Crippen LogP contribution >= 0.6 is 12.2 Å². The molecule has 0 aliphatic carbocycles. The summed E-state index contributed by atoms with van der Waals surface area (Å²) in [6.45, 7) is 6.77. The largest absolute Gasteiger partial charge is 0.280 e. The third-order valence-corrected chi connectivity index (χ3v) is 5.52. The van der Waals surface area contributed by atoms with E-state index in [9.17, 15) is 0 Å². The predicted molar refractivity (Wildman–Crippen MR) is 112 cm³/mol. The van der Waals surface area contributed by atoms with Gasteiger partial charge in [0.1, 0.15) is 5.82 Å². The predicted octanol–water partition coefficient (Wildman–Crippen LogP) is 4.77. The number of benzene rings is 2. The van der Waals surface area contributed by atoms with Crippen LogP contribution in [0.25, 0.3) is 11.3 Å². The van der Waals surface area contributed by atoms with Gasteiger partial charge in [-0.05, 0) is 55.3 Å². The molecule has 2 heterocycles. The topological polar surface area (TPSA) is 26.0 Å². The zero-order chi connectivity index (χ0) is 18.8. The highest BCUT2D eigenvalue weighted by Crippen LogP contribution is 2.22. The molecule has 0 unspecified atom stereocenters. The number of hydrogen-bond donors (Lipinski definition) is 0. The van der Waals surface area contributed by atoms with E-state index < -0.39 is 0 Å². The van der Waals surface area contributed by atoms with Crippen molar-refractivity contribution in [2.75, 3.05) is 13.1 Å². The van der Waals surface area contributed by atoms with Gasteiger partial charge in [-0.1, -0.05) is 54.6 Å². The van der Waals surface area contributed by atoms with Gasteiger partial charge >= 0.3 is 0 Å². The minimum Gasteiger partial charge on any atom is -0.280 e. The van der Waals surface area contributed by atoms with Crippen LogP contribution in [0.15, 0.2) is 60.7 Å². The molecule has 0 fully saturated rings. The summed E-state index contributed by atoms with van der Waals surface area (Å²) in [4.78, 5) is 2.39. The van der Waals surface area contributed by atoms with Crippen molar-refractivity contribution in [3.8, 4) is 5.69 Å². The number of aryl methyl sites for hydroxylation is 2. The van der Waals surface area contributed by atoms with Crippen LogP contribution in [0.3, 0.4) is 0 Å². The van der Waals surface area contributed by atoms with Crippen LogP contribution in [-0.4, -0.2) is 32.3 Å². The van der Waals surface area contributed by atoms with E-state index in [2.05, 4.69) is 64.9 Å². The standard InChI is InChI=1S/C22H24N4S/c1-17-8-6-7-11-21(17)26-18(2)23-25(22(26)27)16-24-14-12-20(13-15-24)19-9-4-3-5-10-19/h3-12H,13-16H2,1-2H3. The molecule has 1 aliphatic heterocycles. The van der Waals surface area contributed by atoms with Crippen molar-refractivity contribution in [1.82, 2.24) is 19.2 Å². The van der Waals surface area contributed by atoms with Gasteiger partial charge in [-0.25, -0.2) is 4.68 Å². The van der Waals surface area contributed by atoms with Gasteiger partial charge in [-0.2, -0.15) is 5.10 Å². The summed E-state index contributed by atoms with van der Waals surface area (Å²) < 4.78 is 4.76. The van der Waals surface area contributed by atoms with Crippen LogP contribution < -0.4 is 0 Å². The normalized spacial score (nSPS) is 15.0. The number of rotatable bonds is 4. The van der Waals surface area contributed by atoms with Crippen molar-refractivity contribution < 1.29 is 0 Å². The average Bonchev–Trinajstić information content (AvgIpc) is 2.97. The molecular weight excluding hydrogens is 352 g/mol. The summed E-state index contributed by atoms with van der Waals surface area (Å²) in [6, 6.07) is 18.9. The maximum atomic E-state index is 5.74. The Morgan fingerprint density at radius 1 is 1.00 bits per heavy atom. The third-order valence-electron chi connectivity index (χ3n) is 5.13. The van der Waals surface area contributed by atoms with Crippen LogP contribution in [0.4, 0.5) is 0 Å². The molecule has 0 amide bonds. The molecule has 0 N–H and O–H groups in total. The van der Waals surface area contributed by atoms with E-state index in [1.165, 1.54) is 16.7 Å². The zero-order valence-corrected chi connectivity index (χ0v) is 16.6. The highest BCUT2D eigenvalue weighted by Gasteiger charge is 2.16. The molecule has 3 aromatic rings.